The van der Waals surface area contributed by atoms with E-state index in [-0.39, 0.29) is 16.9 Å². The van der Waals surface area contributed by atoms with Gasteiger partial charge in [-0.1, -0.05) is 19.8 Å². The molecule has 32 heavy (non-hydrogen) atoms. The van der Waals surface area contributed by atoms with E-state index in [1.807, 2.05) is 0 Å². The van der Waals surface area contributed by atoms with Gasteiger partial charge >= 0.3 is 0 Å². The SMILES string of the molecule is CCCCCOc1ccc(C(=O)NC(=S)Nc2ccc(C(=O)N3CCOCC3)cc2)cc1. The summed E-state index contributed by atoms with van der Waals surface area (Å²) in [5.41, 5.74) is 1.77. The fourth-order valence-corrected chi connectivity index (χ4v) is 3.44. The minimum absolute atomic E-state index is 0.0199. The van der Waals surface area contributed by atoms with E-state index in [1.54, 1.807) is 53.4 Å². The van der Waals surface area contributed by atoms with Crippen molar-refractivity contribution in [2.75, 3.05) is 38.2 Å². The molecule has 2 amide bonds. The van der Waals surface area contributed by atoms with Crippen molar-refractivity contribution in [3.05, 3.63) is 59.7 Å². The van der Waals surface area contributed by atoms with Gasteiger partial charge in [0.15, 0.2) is 5.11 Å². The Hall–Kier alpha value is -2.97. The molecule has 170 valence electrons. The minimum atomic E-state index is -0.306. The maximum Gasteiger partial charge on any atom is 0.257 e. The van der Waals surface area contributed by atoms with Crippen molar-refractivity contribution in [1.82, 2.24) is 10.2 Å². The molecule has 2 N–H and O–H groups in total. The average molecular weight is 456 g/mol. The molecule has 0 aliphatic carbocycles. The van der Waals surface area contributed by atoms with Crippen LogP contribution >= 0.6 is 12.2 Å². The molecule has 3 rings (SSSR count). The molecule has 1 fully saturated rings. The second kappa shape index (κ2) is 12.2. The molecular formula is C24H29N3O4S. The third-order valence-corrected chi connectivity index (χ3v) is 5.25. The first-order valence-electron chi connectivity index (χ1n) is 10.9. The number of rotatable bonds is 8. The van der Waals surface area contributed by atoms with Crippen molar-refractivity contribution < 1.29 is 19.1 Å². The van der Waals surface area contributed by atoms with E-state index in [0.717, 1.165) is 25.0 Å². The van der Waals surface area contributed by atoms with Crippen LogP contribution in [-0.2, 0) is 4.74 Å². The van der Waals surface area contributed by atoms with E-state index >= 15 is 0 Å². The lowest BCUT2D eigenvalue weighted by Crippen LogP contribution is -2.40. The molecule has 8 heteroatoms. The highest BCUT2D eigenvalue weighted by atomic mass is 32.1. The van der Waals surface area contributed by atoms with E-state index < -0.39 is 0 Å². The summed E-state index contributed by atoms with van der Waals surface area (Å²) in [5.74, 6) is 0.415. The van der Waals surface area contributed by atoms with Crippen LogP contribution in [0.1, 0.15) is 46.9 Å². The Bertz CT molecular complexity index is 910. The average Bonchev–Trinajstić information content (AvgIpc) is 2.83. The summed E-state index contributed by atoms with van der Waals surface area (Å²) >= 11 is 5.25. The molecule has 0 radical (unpaired) electrons. The first kappa shape index (κ1) is 23.7. The number of unbranched alkanes of at least 4 members (excludes halogenated alkanes) is 2. The molecule has 1 aliphatic rings. The van der Waals surface area contributed by atoms with Crippen LogP contribution in [0.15, 0.2) is 48.5 Å². The van der Waals surface area contributed by atoms with Crippen LogP contribution in [0.5, 0.6) is 5.75 Å². The van der Waals surface area contributed by atoms with Gasteiger partial charge in [0.25, 0.3) is 11.8 Å². The highest BCUT2D eigenvalue weighted by molar-refractivity contribution is 7.80. The van der Waals surface area contributed by atoms with Crippen LogP contribution in [0.2, 0.25) is 0 Å². The second-order valence-electron chi connectivity index (χ2n) is 7.47. The Balaban J connectivity index is 1.47. The van der Waals surface area contributed by atoms with E-state index in [2.05, 4.69) is 17.6 Å². The number of nitrogens with zero attached hydrogens (tertiary/aromatic N) is 1. The third kappa shape index (κ3) is 7.03. The van der Waals surface area contributed by atoms with Crippen molar-refractivity contribution in [3.63, 3.8) is 0 Å². The molecule has 1 saturated heterocycles. The van der Waals surface area contributed by atoms with Crippen molar-refractivity contribution in [3.8, 4) is 5.75 Å². The summed E-state index contributed by atoms with van der Waals surface area (Å²) in [6, 6.07) is 14.0. The number of amides is 2. The number of thiocarbonyl (C=S) groups is 1. The molecular weight excluding hydrogens is 426 g/mol. The van der Waals surface area contributed by atoms with Gasteiger partial charge in [0.2, 0.25) is 0 Å². The molecule has 0 atom stereocenters. The van der Waals surface area contributed by atoms with Crippen LogP contribution in [-0.4, -0.2) is 54.7 Å². The van der Waals surface area contributed by atoms with Crippen molar-refractivity contribution in [2.45, 2.75) is 26.2 Å². The highest BCUT2D eigenvalue weighted by Gasteiger charge is 2.18. The number of carbonyl (C=O) groups is 2. The van der Waals surface area contributed by atoms with Crippen molar-refractivity contribution in [2.24, 2.45) is 0 Å². The molecule has 2 aromatic rings. The Morgan fingerprint density at radius 3 is 2.31 bits per heavy atom. The van der Waals surface area contributed by atoms with Gasteiger partial charge in [0.05, 0.1) is 19.8 Å². The summed E-state index contributed by atoms with van der Waals surface area (Å²) in [7, 11) is 0. The molecule has 0 spiro atoms. The Morgan fingerprint density at radius 1 is 1.00 bits per heavy atom. The first-order valence-corrected chi connectivity index (χ1v) is 11.3. The number of hydrogen-bond acceptors (Lipinski definition) is 5. The van der Waals surface area contributed by atoms with E-state index in [0.29, 0.717) is 49.7 Å². The topological polar surface area (TPSA) is 79.9 Å². The zero-order valence-corrected chi connectivity index (χ0v) is 19.1. The Kier molecular flexibility index (Phi) is 9.01. The molecule has 0 aromatic heterocycles. The normalized spacial score (nSPS) is 13.3. The molecule has 0 unspecified atom stereocenters. The van der Waals surface area contributed by atoms with E-state index in [4.69, 9.17) is 21.7 Å². The number of morpholine rings is 1. The molecule has 7 nitrogen and oxygen atoms in total. The lowest BCUT2D eigenvalue weighted by atomic mass is 10.1. The number of ether oxygens (including phenoxy) is 2. The largest absolute Gasteiger partial charge is 0.494 e. The number of carbonyl (C=O) groups excluding carboxylic acids is 2. The zero-order chi connectivity index (χ0) is 22.8. The monoisotopic (exact) mass is 455 g/mol. The third-order valence-electron chi connectivity index (χ3n) is 5.05. The summed E-state index contributed by atoms with van der Waals surface area (Å²) in [4.78, 5) is 26.7. The Labute approximate surface area is 194 Å². The first-order chi connectivity index (χ1) is 15.6. The fraction of sp³-hybridized carbons (Fsp3) is 0.375. The zero-order valence-electron chi connectivity index (χ0n) is 18.3. The Morgan fingerprint density at radius 2 is 1.66 bits per heavy atom. The van der Waals surface area contributed by atoms with Gasteiger partial charge in [-0.15, -0.1) is 0 Å². The van der Waals surface area contributed by atoms with Crippen LogP contribution in [0.3, 0.4) is 0 Å². The molecule has 0 saturated carbocycles. The number of hydrogen-bond donors (Lipinski definition) is 2. The van der Waals surface area contributed by atoms with E-state index in [1.165, 1.54) is 0 Å². The second-order valence-corrected chi connectivity index (χ2v) is 7.88. The van der Waals surface area contributed by atoms with Crippen LogP contribution in [0.4, 0.5) is 5.69 Å². The molecule has 1 heterocycles. The summed E-state index contributed by atoms with van der Waals surface area (Å²) < 4.78 is 10.9. The van der Waals surface area contributed by atoms with Crippen LogP contribution in [0.25, 0.3) is 0 Å². The lowest BCUT2D eigenvalue weighted by molar-refractivity contribution is 0.0303. The number of benzene rings is 2. The van der Waals surface area contributed by atoms with Gasteiger partial charge in [-0.2, -0.15) is 0 Å². The number of nitrogens with one attached hydrogen (secondary N) is 2. The quantitative estimate of drug-likeness (QED) is 0.465. The molecule has 0 bridgehead atoms. The van der Waals surface area contributed by atoms with Gasteiger partial charge < -0.3 is 19.7 Å². The maximum absolute atomic E-state index is 12.5. The smallest absolute Gasteiger partial charge is 0.257 e. The van der Waals surface area contributed by atoms with Crippen LogP contribution in [0, 0.1) is 0 Å². The van der Waals surface area contributed by atoms with Crippen LogP contribution < -0.4 is 15.4 Å². The lowest BCUT2D eigenvalue weighted by Gasteiger charge is -2.26. The van der Waals surface area contributed by atoms with Gasteiger partial charge in [-0.3, -0.25) is 14.9 Å². The van der Waals surface area contributed by atoms with Crippen molar-refractivity contribution in [1.29, 1.82) is 0 Å². The summed E-state index contributed by atoms with van der Waals surface area (Å²) in [5, 5.41) is 5.82. The summed E-state index contributed by atoms with van der Waals surface area (Å²) in [6.07, 6.45) is 3.30. The maximum atomic E-state index is 12.5. The standard InChI is InChI=1S/C24H29N3O4S/c1-2-3-4-15-31-21-11-7-18(8-12-21)22(28)26-24(32)25-20-9-5-19(6-10-20)23(29)27-13-16-30-17-14-27/h5-12H,2-4,13-17H2,1H3,(H2,25,26,28,32). The van der Waals surface area contributed by atoms with Crippen molar-refractivity contribution >= 4 is 34.8 Å². The predicted octanol–water partition coefficient (Wildman–Crippen LogP) is 3.85. The molecule has 2 aromatic carbocycles. The van der Waals surface area contributed by atoms with Gasteiger partial charge in [0, 0.05) is 29.9 Å². The predicted molar refractivity (Wildman–Crippen MR) is 128 cm³/mol. The van der Waals surface area contributed by atoms with E-state index in [9.17, 15) is 9.59 Å². The summed E-state index contributed by atoms with van der Waals surface area (Å²) in [6.45, 7) is 5.14. The fourth-order valence-electron chi connectivity index (χ4n) is 3.23. The highest BCUT2D eigenvalue weighted by Crippen LogP contribution is 2.14. The number of anilines is 1. The van der Waals surface area contributed by atoms with Gasteiger partial charge in [0.1, 0.15) is 5.75 Å². The molecule has 1 aliphatic heterocycles. The van der Waals surface area contributed by atoms with Gasteiger partial charge in [-0.25, -0.2) is 0 Å². The minimum Gasteiger partial charge on any atom is -0.494 e. The van der Waals surface area contributed by atoms with Gasteiger partial charge in [-0.05, 0) is 67.2 Å².